The van der Waals surface area contributed by atoms with Gasteiger partial charge in [0.15, 0.2) is 0 Å². The van der Waals surface area contributed by atoms with Gasteiger partial charge in [-0.3, -0.25) is 4.79 Å². The van der Waals surface area contributed by atoms with Crippen molar-refractivity contribution in [2.75, 3.05) is 5.32 Å². The van der Waals surface area contributed by atoms with Gasteiger partial charge in [-0.05, 0) is 36.2 Å². The Hall–Kier alpha value is -2.82. The normalized spacial score (nSPS) is 9.95. The highest BCUT2D eigenvalue weighted by Gasteiger charge is 2.07. The third-order valence-corrected chi connectivity index (χ3v) is 3.06. The van der Waals surface area contributed by atoms with E-state index < -0.39 is 6.03 Å². The maximum atomic E-state index is 12.1. The average molecular weight is 283 g/mol. The lowest BCUT2D eigenvalue weighted by Crippen LogP contribution is -2.23. The second-order valence-corrected chi connectivity index (χ2v) is 4.68. The van der Waals surface area contributed by atoms with E-state index in [2.05, 4.69) is 10.6 Å². The Morgan fingerprint density at radius 1 is 1.05 bits per heavy atom. The monoisotopic (exact) mass is 283 g/mol. The number of anilines is 1. The van der Waals surface area contributed by atoms with Crippen LogP contribution in [0.3, 0.4) is 0 Å². The van der Waals surface area contributed by atoms with E-state index in [-0.39, 0.29) is 5.91 Å². The first kappa shape index (κ1) is 14.6. The number of carbonyl (C=O) groups is 2. The van der Waals surface area contributed by atoms with Crippen molar-refractivity contribution in [3.8, 4) is 0 Å². The molecule has 0 saturated carbocycles. The molecule has 0 bridgehead atoms. The number of aryl methyl sites for hydroxylation is 1. The number of primary amides is 1. The summed E-state index contributed by atoms with van der Waals surface area (Å²) in [4.78, 5) is 22.8. The largest absolute Gasteiger partial charge is 0.351 e. The number of benzene rings is 2. The molecule has 0 saturated heterocycles. The smallest absolute Gasteiger partial charge is 0.316 e. The second-order valence-electron chi connectivity index (χ2n) is 4.68. The van der Waals surface area contributed by atoms with Crippen LogP contribution in [0.25, 0.3) is 0 Å². The number of nitrogens with one attached hydrogen (secondary N) is 2. The lowest BCUT2D eigenvalue weighted by molar-refractivity contribution is 0.0950. The van der Waals surface area contributed by atoms with Gasteiger partial charge in [0.1, 0.15) is 0 Å². The third-order valence-electron chi connectivity index (χ3n) is 3.06. The van der Waals surface area contributed by atoms with Crippen molar-refractivity contribution < 1.29 is 9.59 Å². The van der Waals surface area contributed by atoms with Gasteiger partial charge in [-0.25, -0.2) is 4.79 Å². The van der Waals surface area contributed by atoms with Crippen molar-refractivity contribution in [1.29, 1.82) is 0 Å². The van der Waals surface area contributed by atoms with Crippen LogP contribution in [0.5, 0.6) is 0 Å². The topological polar surface area (TPSA) is 84.2 Å². The van der Waals surface area contributed by atoms with Gasteiger partial charge < -0.3 is 16.4 Å². The van der Waals surface area contributed by atoms with Crippen LogP contribution in [0.15, 0.2) is 48.5 Å². The summed E-state index contributed by atoms with van der Waals surface area (Å²) in [5, 5.41) is 5.35. The van der Waals surface area contributed by atoms with E-state index in [0.717, 1.165) is 11.1 Å². The Kier molecular flexibility index (Phi) is 4.56. The van der Waals surface area contributed by atoms with Gasteiger partial charge in [0.2, 0.25) is 0 Å². The molecule has 5 nitrogen and oxygen atoms in total. The highest BCUT2D eigenvalue weighted by atomic mass is 16.2. The van der Waals surface area contributed by atoms with Crippen molar-refractivity contribution in [1.82, 2.24) is 5.32 Å². The summed E-state index contributed by atoms with van der Waals surface area (Å²) in [6.45, 7) is 2.32. The van der Waals surface area contributed by atoms with Gasteiger partial charge in [-0.2, -0.15) is 0 Å². The molecule has 3 amide bonds. The van der Waals surface area contributed by atoms with Gasteiger partial charge in [-0.15, -0.1) is 0 Å². The van der Waals surface area contributed by atoms with Crippen LogP contribution >= 0.6 is 0 Å². The van der Waals surface area contributed by atoms with Gasteiger partial charge in [0.05, 0.1) is 0 Å². The number of nitrogens with two attached hydrogens (primary N) is 1. The Labute approximate surface area is 123 Å². The molecule has 21 heavy (non-hydrogen) atoms. The summed E-state index contributed by atoms with van der Waals surface area (Å²) in [7, 11) is 0. The Balaban J connectivity index is 1.95. The van der Waals surface area contributed by atoms with Gasteiger partial charge in [-0.1, -0.05) is 30.3 Å². The van der Waals surface area contributed by atoms with Crippen LogP contribution in [-0.4, -0.2) is 11.9 Å². The maximum Gasteiger partial charge on any atom is 0.316 e. The molecule has 4 N–H and O–H groups in total. The van der Waals surface area contributed by atoms with Crippen molar-refractivity contribution in [3.05, 3.63) is 65.2 Å². The minimum Gasteiger partial charge on any atom is -0.351 e. The van der Waals surface area contributed by atoms with Crippen LogP contribution in [0, 0.1) is 6.92 Å². The zero-order valence-corrected chi connectivity index (χ0v) is 11.7. The highest BCUT2D eigenvalue weighted by molar-refractivity contribution is 5.95. The van der Waals surface area contributed by atoms with Crippen LogP contribution in [0.4, 0.5) is 10.5 Å². The lowest BCUT2D eigenvalue weighted by atomic mass is 10.1. The number of hydrogen-bond donors (Lipinski definition) is 3. The fraction of sp³-hybridized carbons (Fsp3) is 0.125. The van der Waals surface area contributed by atoms with E-state index in [0.29, 0.717) is 17.8 Å². The number of rotatable bonds is 4. The van der Waals surface area contributed by atoms with Gasteiger partial charge in [0, 0.05) is 17.8 Å². The summed E-state index contributed by atoms with van der Waals surface area (Å²) in [5.41, 5.74) is 8.20. The summed E-state index contributed by atoms with van der Waals surface area (Å²) in [6.07, 6.45) is 0. The second kappa shape index (κ2) is 6.56. The fourth-order valence-corrected chi connectivity index (χ4v) is 1.95. The van der Waals surface area contributed by atoms with Crippen LogP contribution in [0.2, 0.25) is 0 Å². The molecule has 0 aliphatic heterocycles. The average Bonchev–Trinajstić information content (AvgIpc) is 2.46. The lowest BCUT2D eigenvalue weighted by Gasteiger charge is -2.08. The molecule has 0 heterocycles. The number of hydrogen-bond acceptors (Lipinski definition) is 2. The number of amides is 3. The van der Waals surface area contributed by atoms with E-state index >= 15 is 0 Å². The molecule has 0 spiro atoms. The van der Waals surface area contributed by atoms with Crippen molar-refractivity contribution in [2.45, 2.75) is 13.5 Å². The first-order valence-corrected chi connectivity index (χ1v) is 6.55. The van der Waals surface area contributed by atoms with Crippen molar-refractivity contribution in [2.24, 2.45) is 5.73 Å². The summed E-state index contributed by atoms with van der Waals surface area (Å²) in [5.74, 6) is -0.104. The van der Waals surface area contributed by atoms with Crippen molar-refractivity contribution >= 4 is 17.6 Å². The first-order chi connectivity index (χ1) is 10.1. The van der Waals surface area contributed by atoms with E-state index in [1.165, 1.54) is 0 Å². The van der Waals surface area contributed by atoms with Crippen LogP contribution in [-0.2, 0) is 6.54 Å². The molecular weight excluding hydrogens is 266 g/mol. The van der Waals surface area contributed by atoms with Crippen LogP contribution < -0.4 is 16.4 Å². The summed E-state index contributed by atoms with van der Waals surface area (Å²) < 4.78 is 0. The Morgan fingerprint density at radius 3 is 2.33 bits per heavy atom. The highest BCUT2D eigenvalue weighted by Crippen LogP contribution is 2.10. The molecule has 0 aromatic heterocycles. The SMILES string of the molecule is Cc1ccccc1C(=O)NCc1ccc(NC(N)=O)cc1. The zero-order valence-electron chi connectivity index (χ0n) is 11.7. The van der Waals surface area contributed by atoms with E-state index in [1.54, 1.807) is 18.2 Å². The van der Waals surface area contributed by atoms with E-state index in [1.807, 2.05) is 37.3 Å². The van der Waals surface area contributed by atoms with Gasteiger partial charge in [0.25, 0.3) is 5.91 Å². The quantitative estimate of drug-likeness (QED) is 0.805. The van der Waals surface area contributed by atoms with E-state index in [4.69, 9.17) is 5.73 Å². The molecule has 0 aliphatic carbocycles. The predicted molar refractivity (Wildman–Crippen MR) is 82.0 cm³/mol. The minimum atomic E-state index is -0.601. The first-order valence-electron chi connectivity index (χ1n) is 6.55. The molecule has 2 aromatic carbocycles. The predicted octanol–water partition coefficient (Wildman–Crippen LogP) is 2.42. The van der Waals surface area contributed by atoms with Crippen molar-refractivity contribution in [3.63, 3.8) is 0 Å². The zero-order chi connectivity index (χ0) is 15.2. The molecule has 0 aliphatic rings. The molecule has 2 aromatic rings. The third kappa shape index (κ3) is 4.07. The molecule has 108 valence electrons. The molecule has 0 radical (unpaired) electrons. The fourth-order valence-electron chi connectivity index (χ4n) is 1.95. The van der Waals surface area contributed by atoms with E-state index in [9.17, 15) is 9.59 Å². The van der Waals surface area contributed by atoms with Gasteiger partial charge >= 0.3 is 6.03 Å². The Morgan fingerprint density at radius 2 is 1.71 bits per heavy atom. The van der Waals surface area contributed by atoms with Crippen LogP contribution in [0.1, 0.15) is 21.5 Å². The molecule has 5 heteroatoms. The molecule has 0 atom stereocenters. The molecule has 0 fully saturated rings. The standard InChI is InChI=1S/C16H17N3O2/c1-11-4-2-3-5-14(11)15(20)18-10-12-6-8-13(9-7-12)19-16(17)21/h2-9H,10H2,1H3,(H,18,20)(H3,17,19,21). The maximum absolute atomic E-state index is 12.1. The summed E-state index contributed by atoms with van der Waals surface area (Å²) >= 11 is 0. The number of urea groups is 1. The molecule has 2 rings (SSSR count). The molecular formula is C16H17N3O2. The number of carbonyl (C=O) groups excluding carboxylic acids is 2. The molecule has 0 unspecified atom stereocenters. The Bertz CT molecular complexity index is 651. The summed E-state index contributed by atoms with van der Waals surface area (Å²) in [6, 6.07) is 14.0. The minimum absolute atomic E-state index is 0.104.